The van der Waals surface area contributed by atoms with Crippen LogP contribution in [0.1, 0.15) is 5.56 Å². The van der Waals surface area contributed by atoms with Crippen LogP contribution in [0, 0.1) is 17.9 Å². The number of para-hydroxylation sites is 5. The van der Waals surface area contributed by atoms with Gasteiger partial charge >= 0.3 is 0 Å². The first-order valence-corrected chi connectivity index (χ1v) is 18.3. The molecule has 11 aromatic rings. The Morgan fingerprint density at radius 2 is 0.945 bits per heavy atom. The molecule has 254 valence electrons. The Bertz CT molecular complexity index is 3420. The van der Waals surface area contributed by atoms with Gasteiger partial charge < -0.3 is 13.7 Å². The van der Waals surface area contributed by atoms with Crippen LogP contribution in [-0.4, -0.2) is 13.7 Å². The number of hydrogen-bond acceptors (Lipinski definition) is 1. The lowest BCUT2D eigenvalue weighted by Crippen LogP contribution is -2.02. The van der Waals surface area contributed by atoms with Crippen LogP contribution in [0.4, 0.5) is 5.69 Å². The molecule has 0 saturated heterocycles. The molecule has 5 nitrogen and oxygen atoms in total. The third kappa shape index (κ3) is 4.39. The van der Waals surface area contributed by atoms with E-state index in [1.165, 1.54) is 21.8 Å². The van der Waals surface area contributed by atoms with Gasteiger partial charge in [-0.25, -0.2) is 4.85 Å². The molecule has 5 heteroatoms. The van der Waals surface area contributed by atoms with Crippen LogP contribution in [0.25, 0.3) is 98.5 Å². The average molecular weight is 700 g/mol. The summed E-state index contributed by atoms with van der Waals surface area (Å²) in [4.78, 5) is 3.91. The summed E-state index contributed by atoms with van der Waals surface area (Å²) >= 11 is 0. The van der Waals surface area contributed by atoms with Gasteiger partial charge in [0.15, 0.2) is 5.69 Å². The van der Waals surface area contributed by atoms with E-state index in [9.17, 15) is 5.26 Å². The van der Waals surface area contributed by atoms with E-state index < -0.39 is 0 Å². The summed E-state index contributed by atoms with van der Waals surface area (Å²) in [6.07, 6.45) is 0. The molecule has 8 aromatic carbocycles. The van der Waals surface area contributed by atoms with Gasteiger partial charge in [-0.3, -0.25) is 0 Å². The smallest absolute Gasteiger partial charge is 0.197 e. The molecule has 0 amide bonds. The molecule has 0 N–H and O–H groups in total. The van der Waals surface area contributed by atoms with E-state index in [2.05, 4.69) is 170 Å². The van der Waals surface area contributed by atoms with E-state index in [0.29, 0.717) is 11.3 Å². The molecule has 0 radical (unpaired) electrons. The molecule has 55 heavy (non-hydrogen) atoms. The van der Waals surface area contributed by atoms with Crippen molar-refractivity contribution in [3.63, 3.8) is 0 Å². The molecular formula is C50H29N5. The van der Waals surface area contributed by atoms with Crippen LogP contribution in [0.3, 0.4) is 0 Å². The summed E-state index contributed by atoms with van der Waals surface area (Å²) in [6, 6.07) is 63.6. The second-order valence-electron chi connectivity index (χ2n) is 13.9. The molecule has 0 bridgehead atoms. The fraction of sp³-hybridized carbons (Fsp3) is 0. The van der Waals surface area contributed by atoms with Crippen molar-refractivity contribution in [2.24, 2.45) is 0 Å². The highest BCUT2D eigenvalue weighted by Crippen LogP contribution is 2.43. The molecule has 0 aliphatic heterocycles. The first-order chi connectivity index (χ1) is 27.2. The normalized spacial score (nSPS) is 11.6. The Morgan fingerprint density at radius 1 is 0.418 bits per heavy atom. The maximum absolute atomic E-state index is 10.3. The van der Waals surface area contributed by atoms with Crippen molar-refractivity contribution in [2.75, 3.05) is 0 Å². The lowest BCUT2D eigenvalue weighted by molar-refractivity contribution is 1.15. The average Bonchev–Trinajstić information content (AvgIpc) is 3.89. The minimum absolute atomic E-state index is 0.586. The minimum Gasteiger partial charge on any atom is -0.310 e. The Kier molecular flexibility index (Phi) is 6.61. The molecule has 0 unspecified atom stereocenters. The van der Waals surface area contributed by atoms with Gasteiger partial charge in [-0.2, -0.15) is 5.26 Å². The molecule has 0 saturated carbocycles. The summed E-state index contributed by atoms with van der Waals surface area (Å²) in [7, 11) is 0. The van der Waals surface area contributed by atoms with E-state index in [1.807, 2.05) is 30.3 Å². The number of fused-ring (bicyclic) bond motifs is 9. The summed E-state index contributed by atoms with van der Waals surface area (Å²) < 4.78 is 6.95. The second-order valence-corrected chi connectivity index (χ2v) is 13.9. The van der Waals surface area contributed by atoms with Crippen LogP contribution in [0.2, 0.25) is 0 Å². The summed E-state index contributed by atoms with van der Waals surface area (Å²) in [5.74, 6) is 0. The van der Waals surface area contributed by atoms with Gasteiger partial charge in [-0.05, 0) is 72.1 Å². The van der Waals surface area contributed by atoms with Crippen molar-refractivity contribution in [3.05, 3.63) is 193 Å². The van der Waals surface area contributed by atoms with Crippen LogP contribution >= 0.6 is 0 Å². The van der Waals surface area contributed by atoms with Gasteiger partial charge in [0, 0.05) is 49.3 Å². The van der Waals surface area contributed by atoms with Crippen molar-refractivity contribution < 1.29 is 0 Å². The maximum Gasteiger partial charge on any atom is 0.197 e. The molecule has 11 rings (SSSR count). The molecule has 0 atom stereocenters. The van der Waals surface area contributed by atoms with E-state index in [1.54, 1.807) is 0 Å². The van der Waals surface area contributed by atoms with Gasteiger partial charge in [0.25, 0.3) is 0 Å². The van der Waals surface area contributed by atoms with E-state index in [-0.39, 0.29) is 0 Å². The number of nitrogens with zero attached hydrogens (tertiary/aromatic N) is 5. The third-order valence-corrected chi connectivity index (χ3v) is 11.1. The van der Waals surface area contributed by atoms with Crippen LogP contribution in [-0.2, 0) is 0 Å². The van der Waals surface area contributed by atoms with Crippen LogP contribution in [0.15, 0.2) is 176 Å². The Labute approximate surface area is 316 Å². The largest absolute Gasteiger partial charge is 0.310 e. The minimum atomic E-state index is 0.586. The summed E-state index contributed by atoms with van der Waals surface area (Å²) in [6.45, 7) is 7.98. The second kappa shape index (κ2) is 11.8. The Morgan fingerprint density at radius 3 is 1.64 bits per heavy atom. The van der Waals surface area contributed by atoms with Crippen molar-refractivity contribution in [3.8, 4) is 34.3 Å². The number of aromatic nitrogens is 3. The van der Waals surface area contributed by atoms with Gasteiger partial charge in [0.1, 0.15) is 0 Å². The number of rotatable bonds is 4. The van der Waals surface area contributed by atoms with Crippen molar-refractivity contribution in [2.45, 2.75) is 0 Å². The van der Waals surface area contributed by atoms with Crippen molar-refractivity contribution in [1.29, 1.82) is 5.26 Å². The third-order valence-electron chi connectivity index (χ3n) is 11.1. The molecule has 0 aliphatic rings. The fourth-order valence-electron chi connectivity index (χ4n) is 8.82. The molecule has 3 aromatic heterocycles. The SMILES string of the molecule is [C-]#[N+]c1cccc2c1c1ccccc1n2-c1ccccc1-c1ccc(C#N)cc1-n1c2ccccc2c2cc(-n3c4ccccc4c4ccccc43)ccc21. The zero-order valence-corrected chi connectivity index (χ0v) is 29.5. The van der Waals surface area contributed by atoms with Gasteiger partial charge in [0.2, 0.25) is 0 Å². The fourth-order valence-corrected chi connectivity index (χ4v) is 8.82. The predicted molar refractivity (Wildman–Crippen MR) is 226 cm³/mol. The summed E-state index contributed by atoms with van der Waals surface area (Å²) in [5, 5.41) is 17.0. The molecule has 0 fully saturated rings. The Balaban J connectivity index is 1.19. The standard InChI is InChI=1S/C50H29N5/c1-52-41-18-12-24-48-50(41)39-17-6-11-23-46(39)54(48)44-21-9-4-15-36(44)38-27-25-32(31-51)29-49(38)55-45-22-10-5-16-37(45)40-30-33(26-28-47(40)55)53-42-19-7-2-13-34(42)35-14-3-8-20-43(35)53/h2-30H. The topological polar surface area (TPSA) is 42.9 Å². The predicted octanol–water partition coefficient (Wildman–Crippen LogP) is 13.1. The highest BCUT2D eigenvalue weighted by molar-refractivity contribution is 6.16. The van der Waals surface area contributed by atoms with Crippen molar-refractivity contribution in [1.82, 2.24) is 13.7 Å². The van der Waals surface area contributed by atoms with Crippen LogP contribution in [0.5, 0.6) is 0 Å². The monoisotopic (exact) mass is 699 g/mol. The van der Waals surface area contributed by atoms with Crippen LogP contribution < -0.4 is 0 Å². The lowest BCUT2D eigenvalue weighted by atomic mass is 9.99. The highest BCUT2D eigenvalue weighted by Gasteiger charge is 2.22. The van der Waals surface area contributed by atoms with Crippen molar-refractivity contribution >= 4 is 71.1 Å². The lowest BCUT2D eigenvalue weighted by Gasteiger charge is -2.19. The van der Waals surface area contributed by atoms with E-state index in [0.717, 1.165) is 71.8 Å². The quantitative estimate of drug-likeness (QED) is 0.169. The van der Waals surface area contributed by atoms with E-state index in [4.69, 9.17) is 6.57 Å². The van der Waals surface area contributed by atoms with Gasteiger partial charge in [-0.15, -0.1) is 0 Å². The molecule has 0 aliphatic carbocycles. The zero-order chi connectivity index (χ0) is 36.6. The number of benzene rings is 8. The van der Waals surface area contributed by atoms with Gasteiger partial charge in [-0.1, -0.05) is 109 Å². The first-order valence-electron chi connectivity index (χ1n) is 18.3. The molecule has 0 spiro atoms. The number of hydrogen-bond donors (Lipinski definition) is 0. The number of nitriles is 1. The highest BCUT2D eigenvalue weighted by atomic mass is 15.0. The maximum atomic E-state index is 10.3. The molecule has 3 heterocycles. The Hall–Kier alpha value is -7.86. The summed E-state index contributed by atoms with van der Waals surface area (Å²) in [5.41, 5.74) is 12.7. The van der Waals surface area contributed by atoms with E-state index >= 15 is 0 Å². The molecular weight excluding hydrogens is 671 g/mol. The van der Waals surface area contributed by atoms with Gasteiger partial charge in [0.05, 0.1) is 57.2 Å². The first kappa shape index (κ1) is 30.7. The zero-order valence-electron chi connectivity index (χ0n) is 29.5.